The monoisotopic (exact) mass is 408 g/mol. The first kappa shape index (κ1) is 20.6. The number of nitrogens with zero attached hydrogens (tertiary/aromatic N) is 3. The summed E-state index contributed by atoms with van der Waals surface area (Å²) in [7, 11) is 1.52. The maximum atomic E-state index is 12.1. The highest BCUT2D eigenvalue weighted by Crippen LogP contribution is 2.28. The third kappa shape index (κ3) is 4.82. The molecule has 0 saturated carbocycles. The summed E-state index contributed by atoms with van der Waals surface area (Å²) >= 11 is 0. The Labute approximate surface area is 172 Å². The molecule has 0 spiro atoms. The Hall–Kier alpha value is -4.14. The van der Waals surface area contributed by atoms with Crippen LogP contribution in [0.3, 0.4) is 0 Å². The van der Waals surface area contributed by atoms with Crippen LogP contribution in [0, 0.1) is 17.0 Å². The summed E-state index contributed by atoms with van der Waals surface area (Å²) in [5.74, 6) is 1.21. The molecule has 30 heavy (non-hydrogen) atoms. The second kappa shape index (κ2) is 8.91. The summed E-state index contributed by atoms with van der Waals surface area (Å²) in [6, 6.07) is 14.4. The van der Waals surface area contributed by atoms with Gasteiger partial charge in [-0.05, 0) is 60.0 Å². The molecule has 0 fully saturated rings. The van der Waals surface area contributed by atoms with Gasteiger partial charge in [0.15, 0.2) is 11.5 Å². The van der Waals surface area contributed by atoms with Gasteiger partial charge in [-0.25, -0.2) is 0 Å². The fourth-order valence-corrected chi connectivity index (χ4v) is 2.73. The van der Waals surface area contributed by atoms with Gasteiger partial charge in [0.1, 0.15) is 12.4 Å². The molecule has 0 bridgehead atoms. The van der Waals surface area contributed by atoms with Crippen LogP contribution < -0.4 is 20.8 Å². The van der Waals surface area contributed by atoms with Crippen molar-refractivity contribution >= 4 is 17.7 Å². The summed E-state index contributed by atoms with van der Waals surface area (Å²) in [5, 5.41) is 14.9. The first-order valence-electron chi connectivity index (χ1n) is 8.95. The lowest BCUT2D eigenvalue weighted by Crippen LogP contribution is -2.19. The molecule has 1 aromatic heterocycles. The van der Waals surface area contributed by atoms with Crippen LogP contribution in [-0.4, -0.2) is 22.9 Å². The zero-order chi connectivity index (χ0) is 21.7. The quantitative estimate of drug-likeness (QED) is 0.364. The molecule has 0 atom stereocenters. The highest BCUT2D eigenvalue weighted by atomic mass is 16.6. The average molecular weight is 408 g/mol. The van der Waals surface area contributed by atoms with E-state index < -0.39 is 4.92 Å². The Balaban J connectivity index is 1.80. The van der Waals surface area contributed by atoms with Crippen molar-refractivity contribution in [2.24, 2.45) is 5.10 Å². The molecule has 154 valence electrons. The molecule has 0 amide bonds. The number of nitrogens with two attached hydrogens (primary N) is 1. The summed E-state index contributed by atoms with van der Waals surface area (Å²) in [5.41, 5.74) is 7.74. The van der Waals surface area contributed by atoms with Crippen LogP contribution >= 0.6 is 0 Å². The number of aromatic nitrogens is 1. The Morgan fingerprint density at radius 3 is 2.50 bits per heavy atom. The van der Waals surface area contributed by atoms with Crippen molar-refractivity contribution in [1.29, 1.82) is 0 Å². The number of ether oxygens (including phenoxy) is 2. The number of nitro groups is 1. The summed E-state index contributed by atoms with van der Waals surface area (Å²) in [6.07, 6.45) is 1.49. The minimum Gasteiger partial charge on any atom is -0.493 e. The molecule has 3 aromatic rings. The van der Waals surface area contributed by atoms with Gasteiger partial charge in [-0.15, -0.1) is 0 Å². The highest BCUT2D eigenvalue weighted by Gasteiger charge is 2.08. The number of nitro benzene ring substituents is 1. The largest absolute Gasteiger partial charge is 0.493 e. The van der Waals surface area contributed by atoms with E-state index in [2.05, 4.69) is 5.10 Å². The van der Waals surface area contributed by atoms with E-state index in [1.54, 1.807) is 43.3 Å². The van der Waals surface area contributed by atoms with Crippen LogP contribution in [0.25, 0.3) is 0 Å². The van der Waals surface area contributed by atoms with E-state index in [4.69, 9.17) is 15.2 Å². The number of pyridine rings is 1. The molecule has 0 aliphatic heterocycles. The minimum atomic E-state index is -0.456. The van der Waals surface area contributed by atoms with Gasteiger partial charge in [0.2, 0.25) is 0 Å². The van der Waals surface area contributed by atoms with Gasteiger partial charge in [0.25, 0.3) is 11.2 Å². The van der Waals surface area contributed by atoms with E-state index >= 15 is 0 Å². The number of methoxy groups -OCH3 is 1. The van der Waals surface area contributed by atoms with Crippen LogP contribution in [-0.2, 0) is 6.61 Å². The third-order valence-corrected chi connectivity index (χ3v) is 4.23. The Kier molecular flexibility index (Phi) is 6.11. The topological polar surface area (TPSA) is 122 Å². The van der Waals surface area contributed by atoms with E-state index in [1.807, 2.05) is 0 Å². The summed E-state index contributed by atoms with van der Waals surface area (Å²) in [4.78, 5) is 22.4. The van der Waals surface area contributed by atoms with Crippen LogP contribution in [0.15, 0.2) is 64.5 Å². The van der Waals surface area contributed by atoms with Gasteiger partial charge in [-0.3, -0.25) is 14.9 Å². The number of nitrogen functional groups attached to an aromatic ring is 1. The van der Waals surface area contributed by atoms with E-state index in [0.717, 1.165) is 15.8 Å². The van der Waals surface area contributed by atoms with Crippen molar-refractivity contribution in [3.8, 4) is 11.5 Å². The predicted octanol–water partition coefficient (Wildman–Crippen LogP) is 3.12. The first-order valence-corrected chi connectivity index (χ1v) is 8.95. The molecule has 0 radical (unpaired) electrons. The maximum absolute atomic E-state index is 12.1. The van der Waals surface area contributed by atoms with Gasteiger partial charge < -0.3 is 15.2 Å². The molecule has 0 aliphatic rings. The van der Waals surface area contributed by atoms with Crippen molar-refractivity contribution in [1.82, 2.24) is 4.68 Å². The fourth-order valence-electron chi connectivity index (χ4n) is 2.73. The molecule has 2 N–H and O–H groups in total. The van der Waals surface area contributed by atoms with E-state index in [0.29, 0.717) is 17.1 Å². The Morgan fingerprint density at radius 1 is 1.13 bits per heavy atom. The van der Waals surface area contributed by atoms with Crippen molar-refractivity contribution in [3.63, 3.8) is 0 Å². The van der Waals surface area contributed by atoms with Crippen molar-refractivity contribution < 1.29 is 14.4 Å². The highest BCUT2D eigenvalue weighted by molar-refractivity contribution is 5.81. The second-order valence-corrected chi connectivity index (χ2v) is 6.47. The average Bonchev–Trinajstić information content (AvgIpc) is 2.71. The molecular weight excluding hydrogens is 388 g/mol. The molecule has 0 unspecified atom stereocenters. The molecule has 0 aliphatic carbocycles. The lowest BCUT2D eigenvalue weighted by molar-refractivity contribution is -0.384. The molecule has 9 heteroatoms. The number of aryl methyl sites for hydroxylation is 1. The van der Waals surface area contributed by atoms with Gasteiger partial charge >= 0.3 is 0 Å². The van der Waals surface area contributed by atoms with Crippen LogP contribution in [0.1, 0.15) is 16.7 Å². The maximum Gasteiger partial charge on any atom is 0.273 e. The van der Waals surface area contributed by atoms with Crippen molar-refractivity contribution in [2.75, 3.05) is 12.8 Å². The Bertz CT molecular complexity index is 1150. The van der Waals surface area contributed by atoms with E-state index in [1.165, 1.54) is 31.5 Å². The minimum absolute atomic E-state index is 0.0140. The van der Waals surface area contributed by atoms with Crippen LogP contribution in [0.5, 0.6) is 11.5 Å². The summed E-state index contributed by atoms with van der Waals surface area (Å²) < 4.78 is 12.2. The predicted molar refractivity (Wildman–Crippen MR) is 113 cm³/mol. The van der Waals surface area contributed by atoms with Gasteiger partial charge in [-0.1, -0.05) is 0 Å². The lowest BCUT2D eigenvalue weighted by atomic mass is 10.2. The van der Waals surface area contributed by atoms with Crippen molar-refractivity contribution in [2.45, 2.75) is 13.5 Å². The number of rotatable bonds is 7. The molecule has 1 heterocycles. The smallest absolute Gasteiger partial charge is 0.273 e. The molecule has 3 rings (SSSR count). The number of hydrogen-bond acceptors (Lipinski definition) is 7. The molecule has 9 nitrogen and oxygen atoms in total. The second-order valence-electron chi connectivity index (χ2n) is 6.47. The lowest BCUT2D eigenvalue weighted by Gasteiger charge is -2.11. The molecular formula is C21H20N4O5. The Morgan fingerprint density at radius 2 is 1.87 bits per heavy atom. The van der Waals surface area contributed by atoms with Crippen molar-refractivity contribution in [3.05, 3.63) is 91.8 Å². The first-order chi connectivity index (χ1) is 14.4. The van der Waals surface area contributed by atoms with E-state index in [-0.39, 0.29) is 23.7 Å². The van der Waals surface area contributed by atoms with E-state index in [9.17, 15) is 14.9 Å². The zero-order valence-electron chi connectivity index (χ0n) is 16.4. The van der Waals surface area contributed by atoms with Gasteiger partial charge in [0, 0.05) is 18.2 Å². The SMILES string of the molecule is COc1ccc(/C=N\n2c(N)cc(C)cc2=O)cc1OCc1ccc([N+](=O)[O-])cc1. The molecule has 0 saturated heterocycles. The zero-order valence-corrected chi connectivity index (χ0v) is 16.4. The van der Waals surface area contributed by atoms with Crippen LogP contribution in [0.2, 0.25) is 0 Å². The normalized spacial score (nSPS) is 10.9. The number of non-ortho nitro benzene ring substituents is 1. The van der Waals surface area contributed by atoms with Gasteiger partial charge in [-0.2, -0.15) is 9.78 Å². The third-order valence-electron chi connectivity index (χ3n) is 4.23. The fraction of sp³-hybridized carbons (Fsp3) is 0.143. The number of benzene rings is 2. The van der Waals surface area contributed by atoms with Crippen LogP contribution in [0.4, 0.5) is 11.5 Å². The summed E-state index contributed by atoms with van der Waals surface area (Å²) in [6.45, 7) is 1.98. The van der Waals surface area contributed by atoms with Gasteiger partial charge in [0.05, 0.1) is 18.2 Å². The molecule has 2 aromatic carbocycles. The standard InChI is InChI=1S/C21H20N4O5/c1-14-9-20(22)24(21(26)10-14)23-12-16-5-8-18(29-2)19(11-16)30-13-15-3-6-17(7-4-15)25(27)28/h3-12H,13,22H2,1-2H3/b23-12-. The number of hydrogen-bond donors (Lipinski definition) is 1. The number of anilines is 1.